The van der Waals surface area contributed by atoms with Gasteiger partial charge in [-0.3, -0.25) is 9.59 Å². The van der Waals surface area contributed by atoms with Crippen molar-refractivity contribution in [3.63, 3.8) is 0 Å². The molecule has 0 unspecified atom stereocenters. The standard InChI is InChI=1S/C19H28O2.C9H10O2/c1-18-9-7-13(20)11-12(18)3-4-14-15-5-6-17(21)19(15,2)10-8-16(14)18;1-2-9(10)11-8-6-4-3-5-7-8/h11,14-17,21H,3-10H2,1-2H3;3-7H,2H2,1H3/t14-,15-,16-,17-,18-,19-;/m0./s1. The Kier molecular flexibility index (Phi) is 6.63. The highest BCUT2D eigenvalue weighted by atomic mass is 16.5. The van der Waals surface area contributed by atoms with Crippen LogP contribution in [0.4, 0.5) is 0 Å². The Morgan fingerprint density at radius 3 is 2.50 bits per heavy atom. The van der Waals surface area contributed by atoms with Crippen molar-refractivity contribution in [3.8, 4) is 5.75 Å². The topological polar surface area (TPSA) is 63.6 Å². The fourth-order valence-electron chi connectivity index (χ4n) is 7.22. The van der Waals surface area contributed by atoms with Gasteiger partial charge in [0.15, 0.2) is 5.78 Å². The summed E-state index contributed by atoms with van der Waals surface area (Å²) < 4.78 is 4.92. The van der Waals surface area contributed by atoms with Crippen LogP contribution in [-0.4, -0.2) is 23.0 Å². The van der Waals surface area contributed by atoms with Gasteiger partial charge in [-0.05, 0) is 91.7 Å². The number of carbonyl (C=O) groups excluding carboxylic acids is 2. The Bertz CT molecular complexity index is 875. The third-order valence-corrected chi connectivity index (χ3v) is 9.18. The van der Waals surface area contributed by atoms with Crippen LogP contribution in [0.25, 0.3) is 0 Å². The Hall–Kier alpha value is -1.94. The van der Waals surface area contributed by atoms with Gasteiger partial charge < -0.3 is 9.84 Å². The van der Waals surface area contributed by atoms with Crippen molar-refractivity contribution in [1.29, 1.82) is 0 Å². The Morgan fingerprint density at radius 1 is 1.03 bits per heavy atom. The molecule has 32 heavy (non-hydrogen) atoms. The quantitative estimate of drug-likeness (QED) is 0.462. The second kappa shape index (κ2) is 9.13. The lowest BCUT2D eigenvalue weighted by Crippen LogP contribution is -2.51. The van der Waals surface area contributed by atoms with Gasteiger partial charge in [0, 0.05) is 12.8 Å². The number of rotatable bonds is 2. The molecule has 0 bridgehead atoms. The van der Waals surface area contributed by atoms with Gasteiger partial charge in [-0.25, -0.2) is 0 Å². The average molecular weight is 439 g/mol. The zero-order chi connectivity index (χ0) is 22.9. The summed E-state index contributed by atoms with van der Waals surface area (Å²) in [5, 5.41) is 10.4. The van der Waals surface area contributed by atoms with E-state index in [2.05, 4.69) is 13.8 Å². The number of esters is 1. The number of carbonyl (C=O) groups is 2. The minimum Gasteiger partial charge on any atom is -0.427 e. The van der Waals surface area contributed by atoms with E-state index in [0.29, 0.717) is 23.9 Å². The van der Waals surface area contributed by atoms with E-state index in [-0.39, 0.29) is 22.9 Å². The molecule has 1 N–H and O–H groups in total. The Balaban J connectivity index is 0.000000189. The van der Waals surface area contributed by atoms with Gasteiger partial charge >= 0.3 is 5.97 Å². The third kappa shape index (κ3) is 4.19. The predicted octanol–water partition coefficient (Wildman–Crippen LogP) is 5.88. The number of hydrogen-bond donors (Lipinski definition) is 1. The highest BCUT2D eigenvalue weighted by Gasteiger charge is 2.58. The maximum atomic E-state index is 11.8. The van der Waals surface area contributed by atoms with Crippen molar-refractivity contribution in [2.24, 2.45) is 28.6 Å². The molecule has 3 fully saturated rings. The summed E-state index contributed by atoms with van der Waals surface area (Å²) in [5.74, 6) is 2.99. The van der Waals surface area contributed by atoms with Crippen LogP contribution >= 0.6 is 0 Å². The van der Waals surface area contributed by atoms with Crippen molar-refractivity contribution in [1.82, 2.24) is 0 Å². The summed E-state index contributed by atoms with van der Waals surface area (Å²) >= 11 is 0. The van der Waals surface area contributed by atoms with Crippen LogP contribution in [-0.2, 0) is 9.59 Å². The molecular weight excluding hydrogens is 400 g/mol. The monoisotopic (exact) mass is 438 g/mol. The summed E-state index contributed by atoms with van der Waals surface area (Å²) in [5.41, 5.74) is 1.89. The minimum absolute atomic E-state index is 0.0823. The van der Waals surface area contributed by atoms with Crippen molar-refractivity contribution in [2.45, 2.75) is 84.7 Å². The van der Waals surface area contributed by atoms with Gasteiger partial charge in [0.25, 0.3) is 0 Å². The van der Waals surface area contributed by atoms with Crippen LogP contribution in [0.15, 0.2) is 42.0 Å². The highest BCUT2D eigenvalue weighted by Crippen LogP contribution is 2.65. The largest absolute Gasteiger partial charge is 0.427 e. The van der Waals surface area contributed by atoms with Crippen molar-refractivity contribution < 1.29 is 19.4 Å². The zero-order valence-electron chi connectivity index (χ0n) is 19.8. The number of aliphatic hydroxyl groups is 1. The Labute approximate surface area is 192 Å². The molecule has 4 nitrogen and oxygen atoms in total. The van der Waals surface area contributed by atoms with Crippen LogP contribution in [0.2, 0.25) is 0 Å². The second-order valence-corrected chi connectivity index (χ2v) is 10.7. The molecule has 0 heterocycles. The summed E-state index contributed by atoms with van der Waals surface area (Å²) in [7, 11) is 0. The Morgan fingerprint density at radius 2 is 1.78 bits per heavy atom. The summed E-state index contributed by atoms with van der Waals surface area (Å²) in [6.07, 6.45) is 11.1. The van der Waals surface area contributed by atoms with Crippen LogP contribution in [0.3, 0.4) is 0 Å². The fourth-order valence-corrected chi connectivity index (χ4v) is 7.22. The molecule has 0 aromatic heterocycles. The van der Waals surface area contributed by atoms with Crippen molar-refractivity contribution >= 4 is 11.8 Å². The molecule has 0 radical (unpaired) electrons. The lowest BCUT2D eigenvalue weighted by molar-refractivity contribution is -0.134. The number of aliphatic hydroxyl groups excluding tert-OH is 1. The number of fused-ring (bicyclic) bond motifs is 5. The molecule has 0 saturated heterocycles. The first-order chi connectivity index (χ1) is 15.3. The van der Waals surface area contributed by atoms with E-state index in [1.54, 1.807) is 19.1 Å². The molecule has 0 aliphatic heterocycles. The summed E-state index contributed by atoms with van der Waals surface area (Å²) in [6, 6.07) is 9.06. The summed E-state index contributed by atoms with van der Waals surface area (Å²) in [4.78, 5) is 22.5. The number of benzene rings is 1. The second-order valence-electron chi connectivity index (χ2n) is 10.7. The van der Waals surface area contributed by atoms with Crippen molar-refractivity contribution in [2.75, 3.05) is 0 Å². The number of ketones is 1. The van der Waals surface area contributed by atoms with E-state index in [0.717, 1.165) is 37.5 Å². The van der Waals surface area contributed by atoms with Gasteiger partial charge in [0.05, 0.1) is 6.10 Å². The number of para-hydroxylation sites is 1. The van der Waals surface area contributed by atoms with E-state index < -0.39 is 0 Å². The number of ether oxygens (including phenoxy) is 1. The first-order valence-electron chi connectivity index (χ1n) is 12.5. The van der Waals surface area contributed by atoms with E-state index in [1.807, 2.05) is 24.3 Å². The molecule has 5 rings (SSSR count). The van der Waals surface area contributed by atoms with Crippen LogP contribution in [0, 0.1) is 28.6 Å². The van der Waals surface area contributed by atoms with Crippen LogP contribution < -0.4 is 4.74 Å². The first-order valence-corrected chi connectivity index (χ1v) is 12.5. The maximum Gasteiger partial charge on any atom is 0.310 e. The normalized spacial score (nSPS) is 37.8. The van der Waals surface area contributed by atoms with E-state index in [4.69, 9.17) is 4.74 Å². The highest BCUT2D eigenvalue weighted by molar-refractivity contribution is 5.91. The fraction of sp³-hybridized carbons (Fsp3) is 0.643. The van der Waals surface area contributed by atoms with E-state index in [1.165, 1.54) is 31.3 Å². The van der Waals surface area contributed by atoms with Gasteiger partial charge in [0.1, 0.15) is 5.75 Å². The molecule has 4 heteroatoms. The van der Waals surface area contributed by atoms with Crippen LogP contribution in [0.5, 0.6) is 5.75 Å². The lowest BCUT2D eigenvalue weighted by Gasteiger charge is -2.57. The SMILES string of the molecule is CCC(=O)Oc1ccccc1.C[C@]12CC[C@H]3[C@@H](CCC4=CC(=O)CC[C@@]43C)[C@@H]1CC[C@@H]2O. The van der Waals surface area contributed by atoms with E-state index >= 15 is 0 Å². The van der Waals surface area contributed by atoms with Gasteiger partial charge in [0.2, 0.25) is 0 Å². The first kappa shape index (κ1) is 23.2. The predicted molar refractivity (Wildman–Crippen MR) is 125 cm³/mol. The van der Waals surface area contributed by atoms with Gasteiger partial charge in [-0.15, -0.1) is 0 Å². The van der Waals surface area contributed by atoms with Gasteiger partial charge in [-0.2, -0.15) is 0 Å². The number of allylic oxidation sites excluding steroid dienone is 1. The maximum absolute atomic E-state index is 11.8. The average Bonchev–Trinajstić information content (AvgIpc) is 3.10. The third-order valence-electron chi connectivity index (χ3n) is 9.18. The van der Waals surface area contributed by atoms with Crippen LogP contribution in [0.1, 0.15) is 78.6 Å². The molecule has 4 aliphatic carbocycles. The lowest BCUT2D eigenvalue weighted by atomic mass is 9.47. The smallest absolute Gasteiger partial charge is 0.310 e. The van der Waals surface area contributed by atoms with E-state index in [9.17, 15) is 14.7 Å². The molecular formula is C28H38O4. The summed E-state index contributed by atoms with van der Waals surface area (Å²) in [6.45, 7) is 6.53. The minimum atomic E-state index is -0.198. The zero-order valence-corrected chi connectivity index (χ0v) is 19.8. The van der Waals surface area contributed by atoms with Gasteiger partial charge in [-0.1, -0.05) is 44.5 Å². The molecule has 1 aromatic rings. The molecule has 4 aliphatic rings. The molecule has 6 atom stereocenters. The molecule has 0 amide bonds. The number of hydrogen-bond acceptors (Lipinski definition) is 4. The van der Waals surface area contributed by atoms with Crippen molar-refractivity contribution in [3.05, 3.63) is 42.0 Å². The molecule has 0 spiro atoms. The molecule has 1 aromatic carbocycles. The molecule has 3 saturated carbocycles. The molecule has 174 valence electrons.